The molecule has 0 saturated heterocycles. The Morgan fingerprint density at radius 3 is 2.56 bits per heavy atom. The molecule has 0 fully saturated rings. The molecule has 0 aliphatic rings. The Bertz CT molecular complexity index is 449. The van der Waals surface area contributed by atoms with Crippen molar-refractivity contribution in [2.24, 2.45) is 0 Å². The molecule has 0 aliphatic carbocycles. The number of carbonyl (C=O) groups is 2. The second kappa shape index (κ2) is 5.21. The molecule has 0 heterocycles. The highest BCUT2D eigenvalue weighted by Gasteiger charge is 2.14. The number of halogens is 1. The van der Waals surface area contributed by atoms with Crippen LogP contribution in [0, 0.1) is 5.82 Å². The van der Waals surface area contributed by atoms with Crippen LogP contribution in [0.4, 0.5) is 4.39 Å². The average Bonchev–Trinajstić information content (AvgIpc) is 2.24. The minimum absolute atomic E-state index is 0.104. The van der Waals surface area contributed by atoms with Gasteiger partial charge >= 0.3 is 5.97 Å². The molecule has 0 saturated carbocycles. The Morgan fingerprint density at radius 1 is 1.38 bits per heavy atom. The summed E-state index contributed by atoms with van der Waals surface area (Å²) in [5.41, 5.74) is 0.337. The van der Waals surface area contributed by atoms with Crippen LogP contribution in [-0.4, -0.2) is 18.9 Å². The third kappa shape index (κ3) is 3.02. The third-order valence-electron chi connectivity index (χ3n) is 1.94. The zero-order valence-electron chi connectivity index (χ0n) is 8.99. The van der Waals surface area contributed by atoms with Crippen molar-refractivity contribution in [2.75, 3.05) is 7.11 Å². The number of carbonyl (C=O) groups excluding carboxylic acids is 2. The Balaban J connectivity index is 3.12. The van der Waals surface area contributed by atoms with Crippen LogP contribution in [0.2, 0.25) is 0 Å². The van der Waals surface area contributed by atoms with Crippen molar-refractivity contribution in [1.29, 1.82) is 0 Å². The maximum absolute atomic E-state index is 12.9. The van der Waals surface area contributed by atoms with Crippen molar-refractivity contribution in [3.63, 3.8) is 0 Å². The van der Waals surface area contributed by atoms with Crippen LogP contribution in [0.25, 0.3) is 6.08 Å². The molecule has 0 bridgehead atoms. The lowest BCUT2D eigenvalue weighted by atomic mass is 10.1. The number of esters is 1. The van der Waals surface area contributed by atoms with E-state index in [1.165, 1.54) is 38.3 Å². The number of rotatable bonds is 3. The lowest BCUT2D eigenvalue weighted by Crippen LogP contribution is -2.11. The number of ketones is 1. The summed E-state index contributed by atoms with van der Waals surface area (Å²) < 4.78 is 17.3. The highest BCUT2D eigenvalue weighted by molar-refractivity contribution is 6.19. The van der Waals surface area contributed by atoms with Gasteiger partial charge in [0.05, 0.1) is 7.11 Å². The van der Waals surface area contributed by atoms with Gasteiger partial charge in [0.1, 0.15) is 11.4 Å². The van der Waals surface area contributed by atoms with Crippen molar-refractivity contribution in [3.8, 4) is 0 Å². The van der Waals surface area contributed by atoms with E-state index >= 15 is 0 Å². The molecule has 0 atom stereocenters. The lowest BCUT2D eigenvalue weighted by molar-refractivity contribution is -0.137. The zero-order valence-corrected chi connectivity index (χ0v) is 8.99. The van der Waals surface area contributed by atoms with Crippen LogP contribution in [0.5, 0.6) is 0 Å². The second-order valence-corrected chi connectivity index (χ2v) is 3.16. The van der Waals surface area contributed by atoms with Crippen molar-refractivity contribution in [3.05, 3.63) is 41.2 Å². The van der Waals surface area contributed by atoms with Gasteiger partial charge in [-0.25, -0.2) is 9.18 Å². The van der Waals surface area contributed by atoms with E-state index in [2.05, 4.69) is 4.74 Å². The largest absolute Gasteiger partial charge is 0.465 e. The predicted molar refractivity (Wildman–Crippen MR) is 57.1 cm³/mol. The van der Waals surface area contributed by atoms with Gasteiger partial charge < -0.3 is 4.74 Å². The van der Waals surface area contributed by atoms with Crippen LogP contribution < -0.4 is 0 Å². The summed E-state index contributed by atoms with van der Waals surface area (Å²) in [6.07, 6.45) is 1.30. The molecule has 1 aromatic carbocycles. The first-order valence-corrected chi connectivity index (χ1v) is 4.61. The van der Waals surface area contributed by atoms with Gasteiger partial charge in [0.2, 0.25) is 0 Å². The number of hydrogen-bond donors (Lipinski definition) is 0. The fraction of sp³-hybridized carbons (Fsp3) is 0.167. The van der Waals surface area contributed by atoms with Crippen molar-refractivity contribution in [2.45, 2.75) is 6.92 Å². The molecular formula is C12H11FO3. The van der Waals surface area contributed by atoms with E-state index in [1.54, 1.807) is 6.07 Å². The van der Waals surface area contributed by atoms with Crippen molar-refractivity contribution in [1.82, 2.24) is 0 Å². The number of methoxy groups -OCH3 is 1. The number of benzene rings is 1. The van der Waals surface area contributed by atoms with Gasteiger partial charge in [-0.3, -0.25) is 4.79 Å². The van der Waals surface area contributed by atoms with Crippen LogP contribution in [-0.2, 0) is 14.3 Å². The second-order valence-electron chi connectivity index (χ2n) is 3.16. The third-order valence-corrected chi connectivity index (χ3v) is 1.94. The maximum Gasteiger partial charge on any atom is 0.341 e. The summed E-state index contributed by atoms with van der Waals surface area (Å²) in [5.74, 6) is -1.57. The van der Waals surface area contributed by atoms with Crippen LogP contribution in [0.3, 0.4) is 0 Å². The molecule has 16 heavy (non-hydrogen) atoms. The monoisotopic (exact) mass is 222 g/mol. The molecule has 0 radical (unpaired) electrons. The van der Waals surface area contributed by atoms with E-state index in [0.29, 0.717) is 5.56 Å². The van der Waals surface area contributed by atoms with Gasteiger partial charge in [0, 0.05) is 0 Å². The molecule has 84 valence electrons. The molecule has 3 nitrogen and oxygen atoms in total. The predicted octanol–water partition coefficient (Wildman–Crippen LogP) is 1.97. The fourth-order valence-corrected chi connectivity index (χ4v) is 1.18. The average molecular weight is 222 g/mol. The molecular weight excluding hydrogens is 211 g/mol. The summed E-state index contributed by atoms with van der Waals surface area (Å²) in [6.45, 7) is 1.25. The normalized spacial score (nSPS) is 11.1. The van der Waals surface area contributed by atoms with Crippen LogP contribution in [0.15, 0.2) is 29.8 Å². The first-order chi connectivity index (χ1) is 7.54. The summed E-state index contributed by atoms with van der Waals surface area (Å²) >= 11 is 0. The minimum Gasteiger partial charge on any atom is -0.465 e. The first kappa shape index (κ1) is 12.1. The van der Waals surface area contributed by atoms with Crippen LogP contribution in [0.1, 0.15) is 12.5 Å². The van der Waals surface area contributed by atoms with Gasteiger partial charge in [-0.15, -0.1) is 0 Å². The Labute approximate surface area is 92.5 Å². The summed E-state index contributed by atoms with van der Waals surface area (Å²) in [5, 5.41) is 0. The minimum atomic E-state index is -0.725. The highest BCUT2D eigenvalue weighted by Crippen LogP contribution is 2.10. The van der Waals surface area contributed by atoms with E-state index in [9.17, 15) is 14.0 Å². The quantitative estimate of drug-likeness (QED) is 0.340. The van der Waals surface area contributed by atoms with Crippen molar-refractivity contribution >= 4 is 17.8 Å². The summed E-state index contributed by atoms with van der Waals surface area (Å²) in [7, 11) is 1.19. The number of ether oxygens (including phenoxy) is 1. The Kier molecular flexibility index (Phi) is 3.94. The molecule has 0 amide bonds. The molecule has 0 aromatic heterocycles. The molecule has 0 aliphatic heterocycles. The van der Waals surface area contributed by atoms with Gasteiger partial charge in [-0.05, 0) is 30.7 Å². The van der Waals surface area contributed by atoms with Gasteiger partial charge in [0.15, 0.2) is 5.78 Å². The number of hydrogen-bond acceptors (Lipinski definition) is 3. The topological polar surface area (TPSA) is 43.4 Å². The van der Waals surface area contributed by atoms with E-state index in [-0.39, 0.29) is 5.57 Å². The molecule has 0 N–H and O–H groups in total. The van der Waals surface area contributed by atoms with E-state index in [1.807, 2.05) is 0 Å². The molecule has 1 aromatic rings. The van der Waals surface area contributed by atoms with Crippen molar-refractivity contribution < 1.29 is 18.7 Å². The Hall–Kier alpha value is -1.97. The maximum atomic E-state index is 12.9. The Morgan fingerprint density at radius 2 is 2.06 bits per heavy atom. The SMILES string of the molecule is COC(=O)C(=Cc1cccc(F)c1)C(C)=O. The molecule has 4 heteroatoms. The van der Waals surface area contributed by atoms with Crippen LogP contribution >= 0.6 is 0 Å². The lowest BCUT2D eigenvalue weighted by Gasteiger charge is -2.01. The first-order valence-electron chi connectivity index (χ1n) is 4.61. The van der Waals surface area contributed by atoms with E-state index in [4.69, 9.17) is 0 Å². The highest BCUT2D eigenvalue weighted by atomic mass is 19.1. The smallest absolute Gasteiger partial charge is 0.341 e. The van der Waals surface area contributed by atoms with E-state index < -0.39 is 17.6 Å². The summed E-state index contributed by atoms with van der Waals surface area (Å²) in [6, 6.07) is 5.60. The van der Waals surface area contributed by atoms with Gasteiger partial charge in [0.25, 0.3) is 0 Å². The zero-order chi connectivity index (χ0) is 12.1. The summed E-state index contributed by atoms with van der Waals surface area (Å²) in [4.78, 5) is 22.4. The fourth-order valence-electron chi connectivity index (χ4n) is 1.18. The van der Waals surface area contributed by atoms with Gasteiger partial charge in [-0.2, -0.15) is 0 Å². The standard InChI is InChI=1S/C12H11FO3/c1-8(14)11(12(15)16-2)7-9-4-3-5-10(13)6-9/h3-7H,1-2H3. The molecule has 1 rings (SSSR count). The molecule has 0 unspecified atom stereocenters. The molecule has 0 spiro atoms. The van der Waals surface area contributed by atoms with Gasteiger partial charge in [-0.1, -0.05) is 12.1 Å². The number of Topliss-reactive ketones (excluding diaryl/α,β-unsaturated/α-hetero) is 1. The van der Waals surface area contributed by atoms with E-state index in [0.717, 1.165) is 0 Å².